The highest BCUT2D eigenvalue weighted by Crippen LogP contribution is 2.28. The number of aromatic nitrogens is 1. The summed E-state index contributed by atoms with van der Waals surface area (Å²) in [4.78, 5) is 4.35. The summed E-state index contributed by atoms with van der Waals surface area (Å²) in [5.41, 5.74) is 2.28. The normalized spacial score (nSPS) is 11.4. The smallest absolute Gasteiger partial charge is 0.220 e. The summed E-state index contributed by atoms with van der Waals surface area (Å²) >= 11 is 5.93. The largest absolute Gasteiger partial charge is 0.504 e. The Morgan fingerprint density at radius 1 is 1.23 bits per heavy atom. The van der Waals surface area contributed by atoms with Crippen LogP contribution in [0.25, 0.3) is 23.3 Å². The zero-order chi connectivity index (χ0) is 15.5. The van der Waals surface area contributed by atoms with E-state index in [-0.39, 0.29) is 5.75 Å². The zero-order valence-corrected chi connectivity index (χ0v) is 12.7. The van der Waals surface area contributed by atoms with Crippen LogP contribution in [-0.4, -0.2) is 16.7 Å². The topological polar surface area (TPSA) is 55.5 Å². The van der Waals surface area contributed by atoms with Crippen LogP contribution in [0.4, 0.5) is 0 Å². The van der Waals surface area contributed by atoms with E-state index in [1.807, 2.05) is 13.0 Å². The van der Waals surface area contributed by atoms with Crippen molar-refractivity contribution in [1.82, 2.24) is 4.98 Å². The van der Waals surface area contributed by atoms with Crippen LogP contribution in [0.5, 0.6) is 11.5 Å². The summed E-state index contributed by atoms with van der Waals surface area (Å²) in [6, 6.07) is 10.4. The van der Waals surface area contributed by atoms with Crippen LogP contribution in [-0.2, 0) is 0 Å². The van der Waals surface area contributed by atoms with Crippen molar-refractivity contribution in [2.75, 3.05) is 6.61 Å². The van der Waals surface area contributed by atoms with E-state index < -0.39 is 0 Å². The molecule has 22 heavy (non-hydrogen) atoms. The lowest BCUT2D eigenvalue weighted by Gasteiger charge is -2.05. The number of nitrogens with zero attached hydrogens (tertiary/aromatic N) is 1. The number of oxazole rings is 1. The van der Waals surface area contributed by atoms with E-state index in [9.17, 15) is 5.11 Å². The summed E-state index contributed by atoms with van der Waals surface area (Å²) < 4.78 is 11.0. The van der Waals surface area contributed by atoms with Gasteiger partial charge < -0.3 is 14.3 Å². The van der Waals surface area contributed by atoms with Crippen LogP contribution < -0.4 is 4.74 Å². The molecular formula is C17H14ClNO3. The first-order valence-corrected chi connectivity index (χ1v) is 7.23. The van der Waals surface area contributed by atoms with Crippen molar-refractivity contribution < 1.29 is 14.3 Å². The molecule has 1 N–H and O–H groups in total. The number of phenols is 1. The second kappa shape index (κ2) is 6.12. The number of benzene rings is 2. The molecule has 0 saturated heterocycles. The molecule has 0 unspecified atom stereocenters. The van der Waals surface area contributed by atoms with Gasteiger partial charge >= 0.3 is 0 Å². The fraction of sp³-hybridized carbons (Fsp3) is 0.118. The van der Waals surface area contributed by atoms with Gasteiger partial charge in [0.1, 0.15) is 5.52 Å². The number of ether oxygens (including phenoxy) is 1. The van der Waals surface area contributed by atoms with Gasteiger partial charge in [-0.15, -0.1) is 0 Å². The van der Waals surface area contributed by atoms with Crippen molar-refractivity contribution in [1.29, 1.82) is 0 Å². The monoisotopic (exact) mass is 315 g/mol. The van der Waals surface area contributed by atoms with Crippen LogP contribution in [0.1, 0.15) is 18.4 Å². The third kappa shape index (κ3) is 3.07. The SMILES string of the molecule is CCOc1cc(C=Cc2nc3cc(Cl)ccc3o2)ccc1O. The van der Waals surface area contributed by atoms with Gasteiger partial charge in [-0.25, -0.2) is 4.98 Å². The Hall–Kier alpha value is -2.46. The zero-order valence-electron chi connectivity index (χ0n) is 11.9. The molecule has 0 spiro atoms. The molecule has 112 valence electrons. The van der Waals surface area contributed by atoms with Crippen molar-refractivity contribution in [2.24, 2.45) is 0 Å². The van der Waals surface area contributed by atoms with Gasteiger partial charge in [0.2, 0.25) is 5.89 Å². The molecule has 0 atom stereocenters. The lowest BCUT2D eigenvalue weighted by molar-refractivity contribution is 0.318. The number of halogens is 1. The quantitative estimate of drug-likeness (QED) is 0.754. The number of aromatic hydroxyl groups is 1. The van der Waals surface area contributed by atoms with E-state index in [2.05, 4.69) is 4.98 Å². The van der Waals surface area contributed by atoms with Gasteiger partial charge in [0.15, 0.2) is 17.1 Å². The number of hydrogen-bond acceptors (Lipinski definition) is 4. The Morgan fingerprint density at radius 2 is 2.09 bits per heavy atom. The molecule has 3 rings (SSSR count). The minimum atomic E-state index is 0.121. The highest BCUT2D eigenvalue weighted by atomic mass is 35.5. The molecule has 0 bridgehead atoms. The molecule has 5 heteroatoms. The minimum absolute atomic E-state index is 0.121. The number of fused-ring (bicyclic) bond motifs is 1. The average molecular weight is 316 g/mol. The van der Waals surface area contributed by atoms with Crippen molar-refractivity contribution in [2.45, 2.75) is 6.92 Å². The number of hydrogen-bond donors (Lipinski definition) is 1. The highest BCUT2D eigenvalue weighted by Gasteiger charge is 2.04. The fourth-order valence-electron chi connectivity index (χ4n) is 2.06. The van der Waals surface area contributed by atoms with E-state index in [1.165, 1.54) is 0 Å². The fourth-order valence-corrected chi connectivity index (χ4v) is 2.23. The maximum Gasteiger partial charge on any atom is 0.220 e. The summed E-state index contributed by atoms with van der Waals surface area (Å²) in [6.07, 6.45) is 3.60. The first-order chi connectivity index (χ1) is 10.7. The molecule has 1 aromatic heterocycles. The number of rotatable bonds is 4. The van der Waals surface area contributed by atoms with Gasteiger partial charge in [-0.05, 0) is 48.9 Å². The third-order valence-electron chi connectivity index (χ3n) is 3.07. The Labute approximate surface area is 132 Å². The van der Waals surface area contributed by atoms with E-state index >= 15 is 0 Å². The Morgan fingerprint density at radius 3 is 2.91 bits per heavy atom. The first-order valence-electron chi connectivity index (χ1n) is 6.85. The van der Waals surface area contributed by atoms with Crippen molar-refractivity contribution in [3.63, 3.8) is 0 Å². The van der Waals surface area contributed by atoms with Crippen molar-refractivity contribution in [3.05, 3.63) is 52.9 Å². The van der Waals surface area contributed by atoms with E-state index in [1.54, 1.807) is 42.5 Å². The van der Waals surface area contributed by atoms with Gasteiger partial charge in [-0.1, -0.05) is 17.7 Å². The summed E-state index contributed by atoms with van der Waals surface area (Å²) in [5.74, 6) is 1.06. The standard InChI is InChI=1S/C17H14ClNO3/c1-2-21-16-9-11(3-6-14(16)20)4-8-17-19-13-10-12(18)5-7-15(13)22-17/h3-10,20H,2H2,1H3. The third-order valence-corrected chi connectivity index (χ3v) is 3.30. The molecule has 0 aliphatic rings. The molecule has 0 amide bonds. The van der Waals surface area contributed by atoms with Crippen LogP contribution in [0.2, 0.25) is 5.02 Å². The molecule has 1 heterocycles. The maximum atomic E-state index is 9.68. The lowest BCUT2D eigenvalue weighted by atomic mass is 10.2. The van der Waals surface area contributed by atoms with Crippen LogP contribution in [0.3, 0.4) is 0 Å². The molecule has 2 aromatic carbocycles. The first kappa shape index (κ1) is 14.5. The van der Waals surface area contributed by atoms with Gasteiger partial charge in [-0.2, -0.15) is 0 Å². The van der Waals surface area contributed by atoms with Gasteiger partial charge in [0, 0.05) is 11.1 Å². The molecule has 0 aliphatic heterocycles. The van der Waals surface area contributed by atoms with Crippen LogP contribution in [0.15, 0.2) is 40.8 Å². The average Bonchev–Trinajstić information content (AvgIpc) is 2.90. The minimum Gasteiger partial charge on any atom is -0.504 e. The van der Waals surface area contributed by atoms with E-state index in [0.29, 0.717) is 34.4 Å². The second-order valence-corrected chi connectivity index (χ2v) is 5.09. The van der Waals surface area contributed by atoms with Crippen LogP contribution >= 0.6 is 11.6 Å². The molecule has 0 radical (unpaired) electrons. The van der Waals surface area contributed by atoms with E-state index in [4.69, 9.17) is 20.8 Å². The molecule has 3 aromatic rings. The van der Waals surface area contributed by atoms with E-state index in [0.717, 1.165) is 5.56 Å². The maximum absolute atomic E-state index is 9.68. The van der Waals surface area contributed by atoms with Gasteiger partial charge in [0.25, 0.3) is 0 Å². The van der Waals surface area contributed by atoms with Crippen molar-refractivity contribution in [3.8, 4) is 11.5 Å². The molecule has 4 nitrogen and oxygen atoms in total. The Kier molecular flexibility index (Phi) is 4.02. The second-order valence-electron chi connectivity index (χ2n) is 4.66. The molecular weight excluding hydrogens is 302 g/mol. The predicted octanol–water partition coefficient (Wildman–Crippen LogP) is 4.76. The van der Waals surface area contributed by atoms with Crippen LogP contribution in [0, 0.1) is 0 Å². The summed E-state index contributed by atoms with van der Waals surface area (Å²) in [7, 11) is 0. The predicted molar refractivity (Wildman–Crippen MR) is 87.2 cm³/mol. The summed E-state index contributed by atoms with van der Waals surface area (Å²) in [6.45, 7) is 2.36. The molecule has 0 aliphatic carbocycles. The highest BCUT2D eigenvalue weighted by molar-refractivity contribution is 6.31. The molecule has 0 fully saturated rings. The van der Waals surface area contributed by atoms with Crippen molar-refractivity contribution >= 4 is 34.9 Å². The van der Waals surface area contributed by atoms with Gasteiger partial charge in [0.05, 0.1) is 6.61 Å². The Balaban J connectivity index is 1.87. The van der Waals surface area contributed by atoms with Gasteiger partial charge in [-0.3, -0.25) is 0 Å². The summed E-state index contributed by atoms with van der Waals surface area (Å²) in [5, 5.41) is 10.3. The lowest BCUT2D eigenvalue weighted by Crippen LogP contribution is -1.91. The number of phenolic OH excluding ortho intramolecular Hbond substituents is 1. The Bertz CT molecular complexity index is 839. The molecule has 0 saturated carbocycles.